The molecule has 0 bridgehead atoms. The Kier molecular flexibility index (Phi) is 7.54. The summed E-state index contributed by atoms with van der Waals surface area (Å²) in [5.74, 6) is -1.31. The van der Waals surface area contributed by atoms with E-state index in [9.17, 15) is 9.59 Å². The van der Waals surface area contributed by atoms with E-state index in [1.165, 1.54) is 7.11 Å². The van der Waals surface area contributed by atoms with Crippen LogP contribution < -0.4 is 10.6 Å². The number of ether oxygens (including phenoxy) is 1. The molecule has 0 rings (SSSR count). The predicted octanol–water partition coefficient (Wildman–Crippen LogP) is 0.371. The number of carbonyl (C=O) groups excluding carboxylic acids is 1. The zero-order chi connectivity index (χ0) is 14.2. The van der Waals surface area contributed by atoms with Crippen molar-refractivity contribution in [3.05, 3.63) is 0 Å². The molecule has 106 valence electrons. The van der Waals surface area contributed by atoms with Crippen LogP contribution >= 0.6 is 0 Å². The second-order valence-corrected chi connectivity index (χ2v) is 5.17. The van der Waals surface area contributed by atoms with Crippen molar-refractivity contribution in [2.24, 2.45) is 0 Å². The van der Waals surface area contributed by atoms with Gasteiger partial charge in [0, 0.05) is 38.6 Å². The summed E-state index contributed by atoms with van der Waals surface area (Å²) >= 11 is 0. The lowest BCUT2D eigenvalue weighted by Gasteiger charge is -2.20. The highest BCUT2D eigenvalue weighted by molar-refractivity contribution is 5.83. The number of carbonyl (C=O) groups is 2. The number of nitrogens with one attached hydrogen (secondary N) is 2. The molecule has 0 saturated carbocycles. The smallest absolute Gasteiger partial charge is 0.326 e. The fourth-order valence-electron chi connectivity index (χ4n) is 1.31. The lowest BCUT2D eigenvalue weighted by atomic mass is 10.1. The predicted molar refractivity (Wildman–Crippen MR) is 68.4 cm³/mol. The van der Waals surface area contributed by atoms with E-state index in [4.69, 9.17) is 9.84 Å². The third kappa shape index (κ3) is 8.95. The van der Waals surface area contributed by atoms with Crippen molar-refractivity contribution in [3.63, 3.8) is 0 Å². The zero-order valence-electron chi connectivity index (χ0n) is 11.6. The van der Waals surface area contributed by atoms with E-state index in [1.807, 2.05) is 20.8 Å². The van der Waals surface area contributed by atoms with Gasteiger partial charge in [0.1, 0.15) is 6.04 Å². The Hall–Kier alpha value is -1.14. The van der Waals surface area contributed by atoms with Crippen molar-refractivity contribution >= 4 is 11.9 Å². The lowest BCUT2D eigenvalue weighted by Crippen LogP contribution is -2.43. The summed E-state index contributed by atoms with van der Waals surface area (Å²) in [6.45, 7) is 6.83. The first-order valence-corrected chi connectivity index (χ1v) is 6.02. The van der Waals surface area contributed by atoms with Crippen molar-refractivity contribution in [1.82, 2.24) is 10.6 Å². The average Bonchev–Trinajstić information content (AvgIpc) is 2.21. The highest BCUT2D eigenvalue weighted by atomic mass is 16.5. The second kappa shape index (κ2) is 8.05. The van der Waals surface area contributed by atoms with Gasteiger partial charge in [-0.1, -0.05) is 0 Å². The topological polar surface area (TPSA) is 87.7 Å². The molecule has 0 heterocycles. The van der Waals surface area contributed by atoms with Crippen LogP contribution in [0.15, 0.2) is 0 Å². The van der Waals surface area contributed by atoms with E-state index in [2.05, 4.69) is 10.6 Å². The summed E-state index contributed by atoms with van der Waals surface area (Å²) in [5, 5.41) is 14.6. The Morgan fingerprint density at radius 3 is 2.39 bits per heavy atom. The third-order valence-electron chi connectivity index (χ3n) is 2.25. The second-order valence-electron chi connectivity index (χ2n) is 5.17. The number of aliphatic carboxylic acids is 1. The molecule has 6 nitrogen and oxygen atoms in total. The van der Waals surface area contributed by atoms with Gasteiger partial charge in [0.05, 0.1) is 0 Å². The van der Waals surface area contributed by atoms with E-state index in [0.717, 1.165) is 0 Å². The summed E-state index contributed by atoms with van der Waals surface area (Å²) < 4.78 is 4.80. The minimum atomic E-state index is -1.04. The molecule has 0 aromatic rings. The summed E-state index contributed by atoms with van der Waals surface area (Å²) in [6, 6.07) is -0.882. The van der Waals surface area contributed by atoms with E-state index in [-0.39, 0.29) is 24.3 Å². The number of methoxy groups -OCH3 is 1. The first kappa shape index (κ1) is 16.9. The van der Waals surface area contributed by atoms with Crippen LogP contribution in [-0.2, 0) is 14.3 Å². The standard InChI is InChI=1S/C12H24N2O4/c1-12(2,3)13-7-5-10(15)14-9(11(16)17)6-8-18-4/h9,13H,5-8H2,1-4H3,(H,14,15)(H,16,17). The number of carboxylic acids is 1. The van der Waals surface area contributed by atoms with Gasteiger partial charge in [-0.15, -0.1) is 0 Å². The summed E-state index contributed by atoms with van der Waals surface area (Å²) in [5.41, 5.74) is -0.0530. The molecule has 0 radical (unpaired) electrons. The zero-order valence-corrected chi connectivity index (χ0v) is 11.6. The van der Waals surface area contributed by atoms with Crippen LogP contribution in [0.3, 0.4) is 0 Å². The molecule has 0 aliphatic rings. The van der Waals surface area contributed by atoms with Crippen molar-refractivity contribution < 1.29 is 19.4 Å². The molecule has 6 heteroatoms. The summed E-state index contributed by atoms with van der Waals surface area (Å²) in [6.07, 6.45) is 0.526. The first-order valence-electron chi connectivity index (χ1n) is 6.02. The fraction of sp³-hybridized carbons (Fsp3) is 0.833. The maximum absolute atomic E-state index is 11.6. The Balaban J connectivity index is 3.99. The summed E-state index contributed by atoms with van der Waals surface area (Å²) in [4.78, 5) is 22.4. The SMILES string of the molecule is COCCC(NC(=O)CCNC(C)(C)C)C(=O)O. The molecule has 1 unspecified atom stereocenters. The lowest BCUT2D eigenvalue weighted by molar-refractivity contribution is -0.142. The van der Waals surface area contributed by atoms with Crippen LogP contribution in [0, 0.1) is 0 Å². The average molecular weight is 260 g/mol. The van der Waals surface area contributed by atoms with Gasteiger partial charge in [-0.05, 0) is 20.8 Å². The number of hydrogen-bond donors (Lipinski definition) is 3. The Morgan fingerprint density at radius 1 is 1.33 bits per heavy atom. The molecule has 0 fully saturated rings. The van der Waals surface area contributed by atoms with Crippen LogP contribution in [0.2, 0.25) is 0 Å². The molecule has 0 aromatic heterocycles. The van der Waals surface area contributed by atoms with E-state index < -0.39 is 12.0 Å². The van der Waals surface area contributed by atoms with E-state index in [1.54, 1.807) is 0 Å². The largest absolute Gasteiger partial charge is 0.480 e. The minimum Gasteiger partial charge on any atom is -0.480 e. The maximum Gasteiger partial charge on any atom is 0.326 e. The summed E-state index contributed by atoms with van der Waals surface area (Å²) in [7, 11) is 1.49. The molecule has 1 atom stereocenters. The molecule has 0 aromatic carbocycles. The third-order valence-corrected chi connectivity index (χ3v) is 2.25. The number of amides is 1. The molecule has 0 aliphatic carbocycles. The van der Waals surface area contributed by atoms with Gasteiger partial charge in [-0.3, -0.25) is 4.79 Å². The molecular weight excluding hydrogens is 236 g/mol. The maximum atomic E-state index is 11.6. The highest BCUT2D eigenvalue weighted by Gasteiger charge is 2.19. The fourth-order valence-corrected chi connectivity index (χ4v) is 1.31. The van der Waals surface area contributed by atoms with Crippen molar-refractivity contribution in [2.75, 3.05) is 20.3 Å². The van der Waals surface area contributed by atoms with Gasteiger partial charge in [0.25, 0.3) is 0 Å². The van der Waals surface area contributed by atoms with Gasteiger partial charge >= 0.3 is 5.97 Å². The quantitative estimate of drug-likeness (QED) is 0.587. The molecular formula is C12H24N2O4. The minimum absolute atomic E-state index is 0.0530. The molecule has 0 aliphatic heterocycles. The molecule has 0 saturated heterocycles. The van der Waals surface area contributed by atoms with Crippen LogP contribution in [0.1, 0.15) is 33.6 Å². The molecule has 3 N–H and O–H groups in total. The van der Waals surface area contributed by atoms with Crippen LogP contribution in [0.4, 0.5) is 0 Å². The number of rotatable bonds is 8. The Bertz CT molecular complexity index is 274. The van der Waals surface area contributed by atoms with Crippen LogP contribution in [0.25, 0.3) is 0 Å². The number of carboxylic acid groups (broad SMARTS) is 1. The van der Waals surface area contributed by atoms with Gasteiger partial charge in [0.15, 0.2) is 0 Å². The number of hydrogen-bond acceptors (Lipinski definition) is 4. The monoisotopic (exact) mass is 260 g/mol. The molecule has 1 amide bonds. The van der Waals surface area contributed by atoms with Gasteiger partial charge in [0.2, 0.25) is 5.91 Å². The van der Waals surface area contributed by atoms with Crippen LogP contribution in [-0.4, -0.2) is 48.8 Å². The highest BCUT2D eigenvalue weighted by Crippen LogP contribution is 1.99. The first-order chi connectivity index (χ1) is 8.26. The van der Waals surface area contributed by atoms with Crippen molar-refractivity contribution in [3.8, 4) is 0 Å². The van der Waals surface area contributed by atoms with Gasteiger partial charge in [-0.2, -0.15) is 0 Å². The van der Waals surface area contributed by atoms with Crippen molar-refractivity contribution in [1.29, 1.82) is 0 Å². The Labute approximate surface area is 108 Å². The van der Waals surface area contributed by atoms with Crippen LogP contribution in [0.5, 0.6) is 0 Å². The van der Waals surface area contributed by atoms with Gasteiger partial charge in [-0.25, -0.2) is 4.79 Å². The normalized spacial score (nSPS) is 13.1. The molecule has 18 heavy (non-hydrogen) atoms. The van der Waals surface area contributed by atoms with Crippen molar-refractivity contribution in [2.45, 2.75) is 45.2 Å². The van der Waals surface area contributed by atoms with Gasteiger partial charge < -0.3 is 20.5 Å². The van der Waals surface area contributed by atoms with E-state index >= 15 is 0 Å². The van der Waals surface area contributed by atoms with E-state index in [0.29, 0.717) is 13.2 Å². The molecule has 0 spiro atoms. The Morgan fingerprint density at radius 2 is 1.94 bits per heavy atom.